The van der Waals surface area contributed by atoms with E-state index in [9.17, 15) is 14.4 Å². The summed E-state index contributed by atoms with van der Waals surface area (Å²) in [5.74, 6) is -1.02. The summed E-state index contributed by atoms with van der Waals surface area (Å²) in [5, 5.41) is 0. The molecule has 0 saturated heterocycles. The number of hydrogen-bond donors (Lipinski definition) is 0. The lowest BCUT2D eigenvalue weighted by molar-refractivity contribution is -0.167. The van der Waals surface area contributed by atoms with Gasteiger partial charge in [0.2, 0.25) is 0 Å². The van der Waals surface area contributed by atoms with Gasteiger partial charge in [0.1, 0.15) is 13.2 Å². The van der Waals surface area contributed by atoms with Crippen molar-refractivity contribution in [2.24, 2.45) is 0 Å². The van der Waals surface area contributed by atoms with Crippen molar-refractivity contribution in [3.05, 3.63) is 194 Å². The number of carbonyl (C=O) groups excluding carboxylic acids is 3. The average molecular weight is 1100 g/mol. The zero-order valence-corrected chi connectivity index (χ0v) is 50.8. The van der Waals surface area contributed by atoms with Crippen LogP contribution in [0.4, 0.5) is 0 Å². The first-order chi connectivity index (χ1) is 39.5. The first-order valence-electron chi connectivity index (χ1n) is 31.4. The Morgan fingerprint density at radius 3 is 0.762 bits per heavy atom. The topological polar surface area (TPSA) is 78.9 Å². The SMILES string of the molecule is CC/C=C\C/C=C\C/C=C\C/C=C\C/C=C\C/C=C\C/C=C\C/C=C\C/C=C\C/C=C\CCCCC(=O)OCC(COC(=O)CCCCCCCCCC)OC(=O)CCCC/C=C\C/C=C\C/C=C\C/C=C\C/C=C\C/C=C\CC. The summed E-state index contributed by atoms with van der Waals surface area (Å²) in [4.78, 5) is 38.1. The first kappa shape index (κ1) is 74.2. The van der Waals surface area contributed by atoms with Crippen LogP contribution in [0.25, 0.3) is 0 Å². The van der Waals surface area contributed by atoms with Crippen LogP contribution < -0.4 is 0 Å². The van der Waals surface area contributed by atoms with E-state index in [0.29, 0.717) is 19.3 Å². The van der Waals surface area contributed by atoms with Crippen molar-refractivity contribution in [3.8, 4) is 0 Å². The maximum atomic E-state index is 12.8. The molecule has 0 rings (SSSR count). The third-order valence-electron chi connectivity index (χ3n) is 12.3. The molecule has 0 aromatic heterocycles. The molecule has 6 nitrogen and oxygen atoms in total. The van der Waals surface area contributed by atoms with E-state index in [1.807, 2.05) is 0 Å². The first-order valence-corrected chi connectivity index (χ1v) is 31.4. The van der Waals surface area contributed by atoms with Gasteiger partial charge in [-0.1, -0.05) is 260 Å². The zero-order chi connectivity index (χ0) is 57.8. The van der Waals surface area contributed by atoms with E-state index >= 15 is 0 Å². The number of allylic oxidation sites excluding steroid dienone is 32. The van der Waals surface area contributed by atoms with Gasteiger partial charge in [0, 0.05) is 19.3 Å². The molecule has 0 aliphatic heterocycles. The van der Waals surface area contributed by atoms with Crippen molar-refractivity contribution < 1.29 is 28.6 Å². The summed E-state index contributed by atoms with van der Waals surface area (Å²) < 4.78 is 16.7. The van der Waals surface area contributed by atoms with E-state index in [1.54, 1.807) is 0 Å². The molecule has 0 fully saturated rings. The lowest BCUT2D eigenvalue weighted by Gasteiger charge is -2.18. The molecular formula is C74H112O6. The molecule has 0 heterocycles. The molecular weight excluding hydrogens is 985 g/mol. The Labute approximate surface area is 490 Å². The van der Waals surface area contributed by atoms with Crippen LogP contribution >= 0.6 is 0 Å². The van der Waals surface area contributed by atoms with E-state index in [1.165, 1.54) is 32.1 Å². The second kappa shape index (κ2) is 65.8. The van der Waals surface area contributed by atoms with Crippen LogP contribution in [-0.2, 0) is 28.6 Å². The van der Waals surface area contributed by atoms with E-state index in [0.717, 1.165) is 148 Å². The van der Waals surface area contributed by atoms with E-state index < -0.39 is 6.10 Å². The van der Waals surface area contributed by atoms with Crippen molar-refractivity contribution in [1.82, 2.24) is 0 Å². The van der Waals surface area contributed by atoms with Gasteiger partial charge in [0.25, 0.3) is 0 Å². The zero-order valence-electron chi connectivity index (χ0n) is 50.8. The summed E-state index contributed by atoms with van der Waals surface area (Å²) in [7, 11) is 0. The lowest BCUT2D eigenvalue weighted by Crippen LogP contribution is -2.30. The smallest absolute Gasteiger partial charge is 0.306 e. The van der Waals surface area contributed by atoms with Crippen LogP contribution in [0, 0.1) is 0 Å². The Morgan fingerprint density at radius 2 is 0.487 bits per heavy atom. The maximum absolute atomic E-state index is 12.8. The summed E-state index contributed by atoms with van der Waals surface area (Å²) >= 11 is 0. The van der Waals surface area contributed by atoms with Crippen LogP contribution in [0.2, 0.25) is 0 Å². The van der Waals surface area contributed by atoms with Crippen molar-refractivity contribution in [3.63, 3.8) is 0 Å². The molecule has 0 spiro atoms. The summed E-state index contributed by atoms with van der Waals surface area (Å²) in [6.45, 7) is 6.28. The minimum absolute atomic E-state index is 0.118. The van der Waals surface area contributed by atoms with Crippen LogP contribution in [0.15, 0.2) is 194 Å². The minimum Gasteiger partial charge on any atom is -0.462 e. The molecule has 0 saturated carbocycles. The van der Waals surface area contributed by atoms with Gasteiger partial charge in [0.15, 0.2) is 6.10 Å². The molecule has 0 aliphatic rings. The summed E-state index contributed by atoms with van der Waals surface area (Å²) in [6.07, 6.45) is 100. The molecule has 1 atom stereocenters. The third-order valence-corrected chi connectivity index (χ3v) is 12.3. The predicted octanol–water partition coefficient (Wildman–Crippen LogP) is 21.8. The van der Waals surface area contributed by atoms with Crippen molar-refractivity contribution in [1.29, 1.82) is 0 Å². The van der Waals surface area contributed by atoms with Gasteiger partial charge in [-0.05, 0) is 148 Å². The molecule has 0 N–H and O–H groups in total. The van der Waals surface area contributed by atoms with Gasteiger partial charge >= 0.3 is 17.9 Å². The Balaban J connectivity index is 4.39. The number of esters is 3. The molecule has 1 unspecified atom stereocenters. The Morgan fingerprint density at radius 1 is 0.263 bits per heavy atom. The third kappa shape index (κ3) is 63.1. The lowest BCUT2D eigenvalue weighted by atomic mass is 10.1. The summed E-state index contributed by atoms with van der Waals surface area (Å²) in [5.41, 5.74) is 0. The highest BCUT2D eigenvalue weighted by atomic mass is 16.6. The van der Waals surface area contributed by atoms with Crippen LogP contribution in [0.1, 0.15) is 233 Å². The predicted molar refractivity (Wildman–Crippen MR) is 347 cm³/mol. The number of rotatable bonds is 54. The normalized spacial score (nSPS) is 13.5. The number of hydrogen-bond acceptors (Lipinski definition) is 6. The highest BCUT2D eigenvalue weighted by Crippen LogP contribution is 2.12. The Bertz CT molecular complexity index is 1930. The molecule has 80 heavy (non-hydrogen) atoms. The van der Waals surface area contributed by atoms with Gasteiger partial charge in [-0.2, -0.15) is 0 Å². The van der Waals surface area contributed by atoms with Crippen molar-refractivity contribution in [2.75, 3.05) is 13.2 Å². The molecule has 0 aliphatic carbocycles. The fraction of sp³-hybridized carbons (Fsp3) is 0.527. The Kier molecular flexibility index (Phi) is 61.0. The van der Waals surface area contributed by atoms with E-state index in [4.69, 9.17) is 14.2 Å². The monoisotopic (exact) mass is 1100 g/mol. The quantitative estimate of drug-likeness (QED) is 0.0261. The molecule has 0 bridgehead atoms. The highest BCUT2D eigenvalue weighted by Gasteiger charge is 2.19. The second-order valence-electron chi connectivity index (χ2n) is 19.9. The number of carbonyl (C=O) groups is 3. The van der Waals surface area contributed by atoms with Crippen LogP contribution in [0.3, 0.4) is 0 Å². The Hall–Kier alpha value is -5.75. The van der Waals surface area contributed by atoms with Gasteiger partial charge in [-0.15, -0.1) is 0 Å². The van der Waals surface area contributed by atoms with Crippen LogP contribution in [-0.4, -0.2) is 37.2 Å². The average Bonchev–Trinajstić information content (AvgIpc) is 3.46. The standard InChI is InChI=1S/C74H112O6/c1-4-7-10-13-16-19-21-23-25-27-29-31-32-33-34-35-36-37-38-39-40-41-42-44-45-47-49-51-53-55-58-61-64-67-73(76)79-70-71(69-78-72(75)66-63-60-57-18-15-12-9-6-3)80-74(77)68-65-62-59-56-54-52-50-48-46-43-30-28-26-24-22-20-17-14-11-8-5-2/h7-8,10-11,16-17,19-20,23-26,29-31,33-34,36-37,39-40,42-44,47-50,53-56,71H,4-6,9,12-15,18,21-22,27-28,32,35,38,41,45-46,51-52,57-70H2,1-3H3/b10-7-,11-8-,19-16-,20-17-,25-23-,26-24-,31-29-,34-33-,37-36-,40-39-,43-30-,44-42-,49-47-,50-48-,55-53-,56-54-. The largest absolute Gasteiger partial charge is 0.462 e. The summed E-state index contributed by atoms with van der Waals surface area (Å²) in [6, 6.07) is 0. The molecule has 6 heteroatoms. The van der Waals surface area contributed by atoms with Crippen molar-refractivity contribution in [2.45, 2.75) is 239 Å². The van der Waals surface area contributed by atoms with Crippen molar-refractivity contribution >= 4 is 17.9 Å². The fourth-order valence-electron chi connectivity index (χ4n) is 7.71. The molecule has 0 amide bonds. The maximum Gasteiger partial charge on any atom is 0.306 e. The minimum atomic E-state index is -0.828. The molecule has 0 aromatic rings. The van der Waals surface area contributed by atoms with E-state index in [2.05, 4.69) is 215 Å². The highest BCUT2D eigenvalue weighted by molar-refractivity contribution is 5.71. The second-order valence-corrected chi connectivity index (χ2v) is 19.9. The van der Waals surface area contributed by atoms with Gasteiger partial charge in [0.05, 0.1) is 0 Å². The van der Waals surface area contributed by atoms with Gasteiger partial charge in [-0.3, -0.25) is 14.4 Å². The number of unbranched alkanes of at least 4 members (excludes halogenated alkanes) is 11. The fourth-order valence-corrected chi connectivity index (χ4v) is 7.71. The van der Waals surface area contributed by atoms with Crippen LogP contribution in [0.5, 0.6) is 0 Å². The molecule has 0 aromatic carbocycles. The van der Waals surface area contributed by atoms with Gasteiger partial charge < -0.3 is 14.2 Å². The molecule has 444 valence electrons. The van der Waals surface area contributed by atoms with Gasteiger partial charge in [-0.25, -0.2) is 0 Å². The molecule has 0 radical (unpaired) electrons. The number of ether oxygens (including phenoxy) is 3. The van der Waals surface area contributed by atoms with E-state index in [-0.39, 0.29) is 44.0 Å².